The van der Waals surface area contributed by atoms with Crippen molar-refractivity contribution in [1.82, 2.24) is 0 Å². The normalized spacial score (nSPS) is 13.5. The van der Waals surface area contributed by atoms with Gasteiger partial charge in [0, 0.05) is 0 Å². The second-order valence-corrected chi connectivity index (χ2v) is 3.67. The molecule has 3 heteroatoms. The van der Waals surface area contributed by atoms with Crippen molar-refractivity contribution in [2.24, 2.45) is 0 Å². The van der Waals surface area contributed by atoms with Crippen LogP contribution < -0.4 is 0 Å². The van der Waals surface area contributed by atoms with Crippen LogP contribution in [-0.2, 0) is 26.6 Å². The molecule has 0 aromatic carbocycles. The zero-order valence-electron chi connectivity index (χ0n) is 7.26. The first-order chi connectivity index (χ1) is 5.31. The summed E-state index contributed by atoms with van der Waals surface area (Å²) in [6.45, 7) is 2.14. The van der Waals surface area contributed by atoms with Crippen molar-refractivity contribution in [2.75, 3.05) is 14.2 Å². The summed E-state index contributed by atoms with van der Waals surface area (Å²) in [6.07, 6.45) is 7.56. The van der Waals surface area contributed by atoms with E-state index < -0.39 is 19.9 Å². The number of allylic oxidation sites excluding steroid dienone is 4. The van der Waals surface area contributed by atoms with E-state index in [0.717, 1.165) is 0 Å². The molecule has 0 bridgehead atoms. The molecule has 62 valence electrons. The average molecular weight is 190 g/mol. The maximum absolute atomic E-state index is 4.59. The molecule has 11 heavy (non-hydrogen) atoms. The van der Waals surface area contributed by atoms with Crippen molar-refractivity contribution in [3.63, 3.8) is 0 Å². The molecule has 0 saturated carbocycles. The van der Waals surface area contributed by atoms with Crippen molar-refractivity contribution >= 4 is 0 Å². The van der Waals surface area contributed by atoms with E-state index in [9.17, 15) is 0 Å². The van der Waals surface area contributed by atoms with E-state index in [2.05, 4.69) is 31.8 Å². The third-order valence-electron chi connectivity index (χ3n) is 1.12. The van der Waals surface area contributed by atoms with Crippen molar-refractivity contribution in [3.8, 4) is 0 Å². The minimum absolute atomic E-state index is 0.472. The van der Waals surface area contributed by atoms with Gasteiger partial charge in [-0.05, 0) is 13.3 Å². The van der Waals surface area contributed by atoms with Crippen LogP contribution in [0.3, 0.4) is 0 Å². The Kier molecular flexibility index (Phi) is 8.30. The van der Waals surface area contributed by atoms with Crippen molar-refractivity contribution < 1.29 is 26.6 Å². The first-order valence-corrected chi connectivity index (χ1v) is 4.72. The Morgan fingerprint density at radius 1 is 1.36 bits per heavy atom. The van der Waals surface area contributed by atoms with E-state index >= 15 is 0 Å². The van der Waals surface area contributed by atoms with Crippen LogP contribution in [0.15, 0.2) is 23.8 Å². The Hall–Kier alpha value is 0.114. The van der Waals surface area contributed by atoms with E-state index in [0.29, 0.717) is 0 Å². The fourth-order valence-corrected chi connectivity index (χ4v) is 0.898. The van der Waals surface area contributed by atoms with Gasteiger partial charge in [0.2, 0.25) is 0 Å². The van der Waals surface area contributed by atoms with Crippen molar-refractivity contribution in [1.29, 1.82) is 0 Å². The summed E-state index contributed by atoms with van der Waals surface area (Å²) in [6, 6.07) is 0. The maximum atomic E-state index is 4.59. The van der Waals surface area contributed by atoms with Gasteiger partial charge in [-0.2, -0.15) is 0 Å². The molecule has 2 nitrogen and oxygen atoms in total. The molecular formula is C8H14O2Ti. The predicted molar refractivity (Wildman–Crippen MR) is 41.5 cm³/mol. The predicted octanol–water partition coefficient (Wildman–Crippen LogP) is 2.08. The molecule has 0 aromatic heterocycles. The van der Waals surface area contributed by atoms with Gasteiger partial charge < -0.3 is 0 Å². The molecule has 0 spiro atoms. The molecule has 0 radical (unpaired) electrons. The fraction of sp³-hybridized carbons (Fsp3) is 0.500. The van der Waals surface area contributed by atoms with Crippen molar-refractivity contribution in [3.05, 3.63) is 23.8 Å². The third kappa shape index (κ3) is 8.02. The molecule has 0 N–H and O–H groups in total. The fourth-order valence-electron chi connectivity index (χ4n) is 0.638. The molecule has 0 heterocycles. The molecule has 1 rings (SSSR count). The van der Waals surface area contributed by atoms with E-state index in [-0.39, 0.29) is 0 Å². The molecule has 0 atom stereocenters. The number of hydrogen-bond donors (Lipinski definition) is 0. The monoisotopic (exact) mass is 190 g/mol. The van der Waals surface area contributed by atoms with Gasteiger partial charge in [0.05, 0.1) is 0 Å². The first kappa shape index (κ1) is 11.1. The summed E-state index contributed by atoms with van der Waals surface area (Å²) in [4.78, 5) is 0. The zero-order chi connectivity index (χ0) is 8.53. The molecule has 0 aromatic rings. The topological polar surface area (TPSA) is 18.5 Å². The molecule has 0 amide bonds. The average Bonchev–Trinajstić information content (AvgIpc) is 2.43. The van der Waals surface area contributed by atoms with Crippen LogP contribution in [0, 0.1) is 0 Å². The SMILES string of the molecule is CC1=CC=CC1.C[O][Ti][O]C. The first-order valence-electron chi connectivity index (χ1n) is 3.44. The molecule has 0 fully saturated rings. The van der Waals surface area contributed by atoms with E-state index in [4.69, 9.17) is 0 Å². The van der Waals surface area contributed by atoms with Crippen LogP contribution in [-0.4, -0.2) is 14.2 Å². The summed E-state index contributed by atoms with van der Waals surface area (Å²) >= 11 is -0.472. The standard InChI is InChI=1S/C6H8.2CH3O.Ti/c1-6-4-2-3-5-6;2*1-2;/h2-4H,5H2,1H3;2*1H3;/q;2*-1;+2. The molecule has 0 saturated heterocycles. The summed E-state index contributed by atoms with van der Waals surface area (Å²) in [7, 11) is 3.28. The van der Waals surface area contributed by atoms with Crippen LogP contribution in [0.2, 0.25) is 0 Å². The van der Waals surface area contributed by atoms with Crippen molar-refractivity contribution in [2.45, 2.75) is 13.3 Å². The molecule has 0 aliphatic heterocycles. The van der Waals surface area contributed by atoms with E-state index in [1.807, 2.05) is 0 Å². The zero-order valence-corrected chi connectivity index (χ0v) is 8.82. The van der Waals surface area contributed by atoms with Gasteiger partial charge in [0.1, 0.15) is 0 Å². The molecule has 0 unspecified atom stereocenters. The van der Waals surface area contributed by atoms with Crippen LogP contribution in [0.25, 0.3) is 0 Å². The minimum atomic E-state index is -0.472. The Morgan fingerprint density at radius 2 is 2.00 bits per heavy atom. The van der Waals surface area contributed by atoms with Gasteiger partial charge in [-0.15, -0.1) is 0 Å². The Labute approximate surface area is 78.2 Å². The second kappa shape index (κ2) is 8.21. The summed E-state index contributed by atoms with van der Waals surface area (Å²) in [5.41, 5.74) is 1.47. The van der Waals surface area contributed by atoms with Gasteiger partial charge in [0.25, 0.3) is 0 Å². The van der Waals surface area contributed by atoms with Gasteiger partial charge in [-0.1, -0.05) is 23.8 Å². The molecule has 1 aliphatic rings. The van der Waals surface area contributed by atoms with E-state index in [1.165, 1.54) is 12.0 Å². The van der Waals surface area contributed by atoms with Crippen LogP contribution in [0.1, 0.15) is 13.3 Å². The van der Waals surface area contributed by atoms with Gasteiger partial charge in [-0.25, -0.2) is 0 Å². The Morgan fingerprint density at radius 3 is 2.09 bits per heavy atom. The van der Waals surface area contributed by atoms with Gasteiger partial charge in [0.15, 0.2) is 0 Å². The summed E-state index contributed by atoms with van der Waals surface area (Å²) in [5.74, 6) is 0. The molecular weight excluding hydrogens is 176 g/mol. The Balaban J connectivity index is 0.000000187. The second-order valence-electron chi connectivity index (χ2n) is 2.14. The summed E-state index contributed by atoms with van der Waals surface area (Å²) < 4.78 is 9.19. The number of hydrogen-bond acceptors (Lipinski definition) is 2. The summed E-state index contributed by atoms with van der Waals surface area (Å²) in [5, 5.41) is 0. The quantitative estimate of drug-likeness (QED) is 0.620. The van der Waals surface area contributed by atoms with Crippen LogP contribution >= 0.6 is 0 Å². The van der Waals surface area contributed by atoms with E-state index in [1.54, 1.807) is 14.2 Å². The van der Waals surface area contributed by atoms with Gasteiger partial charge >= 0.3 is 40.8 Å². The number of rotatable bonds is 2. The van der Waals surface area contributed by atoms with Crippen LogP contribution in [0.4, 0.5) is 0 Å². The Bertz CT molecular complexity index is 139. The molecule has 1 aliphatic carbocycles. The third-order valence-corrected chi connectivity index (χ3v) is 1.64. The van der Waals surface area contributed by atoms with Gasteiger partial charge in [-0.3, -0.25) is 0 Å². The van der Waals surface area contributed by atoms with Crippen LogP contribution in [0.5, 0.6) is 0 Å².